The van der Waals surface area contributed by atoms with Crippen molar-refractivity contribution in [3.63, 3.8) is 0 Å². The summed E-state index contributed by atoms with van der Waals surface area (Å²) in [5.41, 5.74) is 1.87. The molecule has 0 aliphatic rings. The van der Waals surface area contributed by atoms with Gasteiger partial charge in [-0.15, -0.1) is 0 Å². The molecule has 0 aliphatic heterocycles. The largest absolute Gasteiger partial charge is 0.497 e. The fourth-order valence-corrected chi connectivity index (χ4v) is 3.23. The van der Waals surface area contributed by atoms with Crippen molar-refractivity contribution in [2.45, 2.75) is 13.2 Å². The Kier molecular flexibility index (Phi) is 5.46. The van der Waals surface area contributed by atoms with Crippen LogP contribution < -0.4 is 9.47 Å². The van der Waals surface area contributed by atoms with E-state index >= 15 is 0 Å². The lowest BCUT2D eigenvalue weighted by Gasteiger charge is -2.12. The normalized spacial score (nSPS) is 10.4. The molecule has 2 rings (SSSR count). The second-order valence-electron chi connectivity index (χ2n) is 4.18. The first-order valence-electron chi connectivity index (χ1n) is 5.98. The van der Waals surface area contributed by atoms with E-state index in [0.29, 0.717) is 6.61 Å². The minimum atomic E-state index is -0.00401. The number of rotatable bonds is 5. The fourth-order valence-electron chi connectivity index (χ4n) is 1.72. The average molecular weight is 402 g/mol. The summed E-state index contributed by atoms with van der Waals surface area (Å²) >= 11 is 6.90. The number of hydrogen-bond acceptors (Lipinski definition) is 3. The van der Waals surface area contributed by atoms with Gasteiger partial charge in [-0.2, -0.15) is 0 Å². The Bertz CT molecular complexity index is 559. The molecule has 1 N–H and O–H groups in total. The average Bonchev–Trinajstić information content (AvgIpc) is 2.46. The van der Waals surface area contributed by atoms with Gasteiger partial charge in [0.1, 0.15) is 18.1 Å². The zero-order valence-corrected chi connectivity index (χ0v) is 14.1. The highest BCUT2D eigenvalue weighted by molar-refractivity contribution is 9.11. The van der Waals surface area contributed by atoms with Crippen LogP contribution in [0, 0.1) is 0 Å². The molecule has 3 nitrogen and oxygen atoms in total. The van der Waals surface area contributed by atoms with E-state index in [2.05, 4.69) is 31.9 Å². The van der Waals surface area contributed by atoms with Crippen LogP contribution in [0.4, 0.5) is 0 Å². The van der Waals surface area contributed by atoms with Crippen molar-refractivity contribution in [1.82, 2.24) is 0 Å². The predicted octanol–water partition coefficient (Wildman–Crippen LogP) is 4.29. The molecule has 0 amide bonds. The molecule has 20 heavy (non-hydrogen) atoms. The number of aliphatic hydroxyl groups is 1. The van der Waals surface area contributed by atoms with E-state index in [1.807, 2.05) is 36.4 Å². The van der Waals surface area contributed by atoms with E-state index in [4.69, 9.17) is 14.6 Å². The zero-order chi connectivity index (χ0) is 14.5. The van der Waals surface area contributed by atoms with Crippen LogP contribution in [-0.4, -0.2) is 12.2 Å². The summed E-state index contributed by atoms with van der Waals surface area (Å²) in [6, 6.07) is 11.4. The quantitative estimate of drug-likeness (QED) is 0.811. The highest BCUT2D eigenvalue weighted by atomic mass is 79.9. The third-order valence-corrected chi connectivity index (χ3v) is 3.96. The summed E-state index contributed by atoms with van der Waals surface area (Å²) in [5, 5.41) is 9.14. The van der Waals surface area contributed by atoms with Gasteiger partial charge in [-0.3, -0.25) is 0 Å². The van der Waals surface area contributed by atoms with Crippen LogP contribution in [0.3, 0.4) is 0 Å². The van der Waals surface area contributed by atoms with Gasteiger partial charge in [-0.1, -0.05) is 12.1 Å². The molecule has 0 fully saturated rings. The van der Waals surface area contributed by atoms with Gasteiger partial charge in [-0.05, 0) is 67.3 Å². The van der Waals surface area contributed by atoms with Crippen molar-refractivity contribution in [2.24, 2.45) is 0 Å². The molecule has 0 aromatic heterocycles. The number of hydrogen-bond donors (Lipinski definition) is 1. The van der Waals surface area contributed by atoms with Crippen molar-refractivity contribution in [3.05, 3.63) is 56.5 Å². The van der Waals surface area contributed by atoms with Crippen LogP contribution in [-0.2, 0) is 13.2 Å². The monoisotopic (exact) mass is 400 g/mol. The van der Waals surface area contributed by atoms with Crippen LogP contribution >= 0.6 is 31.9 Å². The summed E-state index contributed by atoms with van der Waals surface area (Å²) in [4.78, 5) is 0. The van der Waals surface area contributed by atoms with E-state index in [-0.39, 0.29) is 6.61 Å². The standard InChI is InChI=1S/C15H14Br2O3/c1-19-12-4-2-10(3-5-12)9-20-15-13(16)6-11(8-18)7-14(15)17/h2-7,18H,8-9H2,1H3. The van der Waals surface area contributed by atoms with Crippen LogP contribution in [0.1, 0.15) is 11.1 Å². The first-order chi connectivity index (χ1) is 9.63. The molecular formula is C15H14Br2O3. The summed E-state index contributed by atoms with van der Waals surface area (Å²) in [6.45, 7) is 0.454. The molecule has 0 heterocycles. The predicted molar refractivity (Wildman–Crippen MR) is 85.1 cm³/mol. The van der Waals surface area contributed by atoms with Gasteiger partial charge in [0.25, 0.3) is 0 Å². The maximum absolute atomic E-state index is 9.14. The molecular weight excluding hydrogens is 388 g/mol. The Morgan fingerprint density at radius 2 is 1.60 bits per heavy atom. The molecule has 0 atom stereocenters. The molecule has 0 bridgehead atoms. The molecule has 0 unspecified atom stereocenters. The third kappa shape index (κ3) is 3.75. The van der Waals surface area contributed by atoms with E-state index in [1.54, 1.807) is 7.11 Å². The summed E-state index contributed by atoms with van der Waals surface area (Å²) in [6.07, 6.45) is 0. The number of benzene rings is 2. The molecule has 2 aromatic carbocycles. The lowest BCUT2D eigenvalue weighted by Crippen LogP contribution is -1.98. The number of halogens is 2. The minimum Gasteiger partial charge on any atom is -0.497 e. The smallest absolute Gasteiger partial charge is 0.148 e. The molecule has 2 aromatic rings. The van der Waals surface area contributed by atoms with E-state index < -0.39 is 0 Å². The Labute approximate surface area is 134 Å². The highest BCUT2D eigenvalue weighted by Gasteiger charge is 2.09. The first kappa shape index (κ1) is 15.4. The molecule has 0 radical (unpaired) electrons. The van der Waals surface area contributed by atoms with Gasteiger partial charge in [0.15, 0.2) is 0 Å². The number of aliphatic hydroxyl groups excluding tert-OH is 1. The first-order valence-corrected chi connectivity index (χ1v) is 7.57. The number of ether oxygens (including phenoxy) is 2. The third-order valence-electron chi connectivity index (χ3n) is 2.78. The van der Waals surface area contributed by atoms with Crippen molar-refractivity contribution >= 4 is 31.9 Å². The topological polar surface area (TPSA) is 38.7 Å². The van der Waals surface area contributed by atoms with Gasteiger partial charge in [0, 0.05) is 0 Å². The summed E-state index contributed by atoms with van der Waals surface area (Å²) in [5.74, 6) is 1.54. The van der Waals surface area contributed by atoms with Crippen molar-refractivity contribution in [1.29, 1.82) is 0 Å². The maximum atomic E-state index is 9.14. The highest BCUT2D eigenvalue weighted by Crippen LogP contribution is 2.35. The fraction of sp³-hybridized carbons (Fsp3) is 0.200. The Morgan fingerprint density at radius 3 is 2.10 bits per heavy atom. The number of methoxy groups -OCH3 is 1. The van der Waals surface area contributed by atoms with Gasteiger partial charge < -0.3 is 14.6 Å². The zero-order valence-electron chi connectivity index (χ0n) is 10.9. The molecule has 0 aliphatic carbocycles. The SMILES string of the molecule is COc1ccc(COc2c(Br)cc(CO)cc2Br)cc1. The van der Waals surface area contributed by atoms with E-state index in [0.717, 1.165) is 31.6 Å². The van der Waals surface area contributed by atoms with Crippen LogP contribution in [0.5, 0.6) is 11.5 Å². The lowest BCUT2D eigenvalue weighted by atomic mass is 10.2. The van der Waals surface area contributed by atoms with Crippen LogP contribution in [0.25, 0.3) is 0 Å². The van der Waals surface area contributed by atoms with Crippen LogP contribution in [0.2, 0.25) is 0 Å². The van der Waals surface area contributed by atoms with Crippen molar-refractivity contribution in [2.75, 3.05) is 7.11 Å². The van der Waals surface area contributed by atoms with E-state index in [1.165, 1.54) is 0 Å². The second kappa shape index (κ2) is 7.11. The Balaban J connectivity index is 2.10. The maximum Gasteiger partial charge on any atom is 0.148 e. The Morgan fingerprint density at radius 1 is 1.00 bits per heavy atom. The molecule has 5 heteroatoms. The van der Waals surface area contributed by atoms with Gasteiger partial charge >= 0.3 is 0 Å². The molecule has 0 saturated heterocycles. The second-order valence-corrected chi connectivity index (χ2v) is 5.89. The molecule has 106 valence electrons. The minimum absolute atomic E-state index is 0.00401. The molecule has 0 saturated carbocycles. The molecule has 0 spiro atoms. The van der Waals surface area contributed by atoms with Crippen molar-refractivity contribution in [3.8, 4) is 11.5 Å². The summed E-state index contributed by atoms with van der Waals surface area (Å²) < 4.78 is 12.5. The van der Waals surface area contributed by atoms with Crippen molar-refractivity contribution < 1.29 is 14.6 Å². The van der Waals surface area contributed by atoms with Gasteiger partial charge in [0.2, 0.25) is 0 Å². The van der Waals surface area contributed by atoms with Gasteiger partial charge in [-0.25, -0.2) is 0 Å². The Hall–Kier alpha value is -1.04. The summed E-state index contributed by atoms with van der Waals surface area (Å²) in [7, 11) is 1.64. The lowest BCUT2D eigenvalue weighted by molar-refractivity contribution is 0.280. The van der Waals surface area contributed by atoms with Gasteiger partial charge in [0.05, 0.1) is 22.7 Å². The van der Waals surface area contributed by atoms with Crippen LogP contribution in [0.15, 0.2) is 45.3 Å². The van der Waals surface area contributed by atoms with E-state index in [9.17, 15) is 0 Å².